The molecule has 3 nitrogen and oxygen atoms in total. The molecular formula is C14H21NO2. The summed E-state index contributed by atoms with van der Waals surface area (Å²) in [5.74, 6) is 0.321. The number of rotatable bonds is 4. The Bertz CT molecular complexity index is 350. The summed E-state index contributed by atoms with van der Waals surface area (Å²) in [5.41, 5.74) is 1.21. The summed E-state index contributed by atoms with van der Waals surface area (Å²) in [7, 11) is 1.79. The maximum absolute atomic E-state index is 9.25. The molecule has 0 aromatic heterocycles. The average molecular weight is 235 g/mol. The maximum atomic E-state index is 9.25. The first-order chi connectivity index (χ1) is 8.19. The van der Waals surface area contributed by atoms with Crippen LogP contribution in [-0.2, 0) is 4.74 Å². The Labute approximate surface area is 103 Å². The lowest BCUT2D eigenvalue weighted by Crippen LogP contribution is -2.29. The molecule has 2 N–H and O–H groups in total. The average Bonchev–Trinajstić information content (AvgIpc) is 2.77. The predicted octanol–water partition coefficient (Wildman–Crippen LogP) is 2.61. The SMILES string of the molecule is COC1CCC(NC(C)c2ccc(O)cc2)C1. The number of hydrogen-bond acceptors (Lipinski definition) is 3. The molecule has 0 heterocycles. The lowest BCUT2D eigenvalue weighted by Gasteiger charge is -2.20. The molecular weight excluding hydrogens is 214 g/mol. The van der Waals surface area contributed by atoms with E-state index in [2.05, 4.69) is 12.2 Å². The van der Waals surface area contributed by atoms with E-state index in [1.807, 2.05) is 12.1 Å². The van der Waals surface area contributed by atoms with Crippen LogP contribution in [0.1, 0.15) is 37.8 Å². The van der Waals surface area contributed by atoms with E-state index < -0.39 is 0 Å². The highest BCUT2D eigenvalue weighted by atomic mass is 16.5. The lowest BCUT2D eigenvalue weighted by molar-refractivity contribution is 0.106. The Hall–Kier alpha value is -1.06. The van der Waals surface area contributed by atoms with Crippen LogP contribution in [0, 0.1) is 0 Å². The molecule has 3 atom stereocenters. The molecule has 0 radical (unpaired) electrons. The van der Waals surface area contributed by atoms with Crippen LogP contribution in [0.4, 0.5) is 0 Å². The fraction of sp³-hybridized carbons (Fsp3) is 0.571. The minimum Gasteiger partial charge on any atom is -0.508 e. The van der Waals surface area contributed by atoms with Gasteiger partial charge in [0.1, 0.15) is 5.75 Å². The number of benzene rings is 1. The van der Waals surface area contributed by atoms with Crippen LogP contribution in [0.15, 0.2) is 24.3 Å². The Balaban J connectivity index is 1.89. The molecule has 1 aliphatic carbocycles. The third-order valence-corrected chi connectivity index (χ3v) is 3.60. The highest BCUT2D eigenvalue weighted by molar-refractivity contribution is 5.27. The summed E-state index contributed by atoms with van der Waals surface area (Å²) in [6, 6.07) is 8.27. The largest absolute Gasteiger partial charge is 0.508 e. The fourth-order valence-corrected chi connectivity index (χ4v) is 2.52. The van der Waals surface area contributed by atoms with Gasteiger partial charge in [0.15, 0.2) is 0 Å². The predicted molar refractivity (Wildman–Crippen MR) is 68.1 cm³/mol. The molecule has 94 valence electrons. The lowest BCUT2D eigenvalue weighted by atomic mass is 10.1. The zero-order valence-electron chi connectivity index (χ0n) is 10.5. The van der Waals surface area contributed by atoms with Gasteiger partial charge in [-0.3, -0.25) is 0 Å². The van der Waals surface area contributed by atoms with Crippen molar-refractivity contribution < 1.29 is 9.84 Å². The van der Waals surface area contributed by atoms with Crippen molar-refractivity contribution in [2.75, 3.05) is 7.11 Å². The smallest absolute Gasteiger partial charge is 0.115 e. The molecule has 1 saturated carbocycles. The zero-order chi connectivity index (χ0) is 12.3. The Kier molecular flexibility index (Phi) is 4.02. The molecule has 1 aromatic carbocycles. The standard InChI is InChI=1S/C14H21NO2/c1-10(11-3-6-13(16)7-4-11)15-12-5-8-14(9-12)17-2/h3-4,6-7,10,12,14-16H,5,8-9H2,1-2H3. The van der Waals surface area contributed by atoms with Gasteiger partial charge in [-0.05, 0) is 43.9 Å². The second kappa shape index (κ2) is 5.52. The molecule has 1 aromatic rings. The minimum absolute atomic E-state index is 0.316. The Morgan fingerprint density at radius 3 is 2.59 bits per heavy atom. The van der Waals surface area contributed by atoms with Gasteiger partial charge in [-0.1, -0.05) is 12.1 Å². The number of aromatic hydroxyl groups is 1. The van der Waals surface area contributed by atoms with Crippen molar-refractivity contribution >= 4 is 0 Å². The number of methoxy groups -OCH3 is 1. The first kappa shape index (κ1) is 12.4. The highest BCUT2D eigenvalue weighted by Gasteiger charge is 2.25. The molecule has 1 fully saturated rings. The van der Waals surface area contributed by atoms with Crippen LogP contribution in [-0.4, -0.2) is 24.4 Å². The summed E-state index contributed by atoms with van der Waals surface area (Å²) < 4.78 is 5.37. The van der Waals surface area contributed by atoms with Gasteiger partial charge in [0.2, 0.25) is 0 Å². The molecule has 0 aliphatic heterocycles. The molecule has 2 rings (SSSR count). The van der Waals surface area contributed by atoms with E-state index in [1.165, 1.54) is 12.0 Å². The van der Waals surface area contributed by atoms with Gasteiger partial charge in [0.25, 0.3) is 0 Å². The van der Waals surface area contributed by atoms with Crippen molar-refractivity contribution in [3.63, 3.8) is 0 Å². The first-order valence-corrected chi connectivity index (χ1v) is 6.27. The highest BCUT2D eigenvalue weighted by Crippen LogP contribution is 2.24. The summed E-state index contributed by atoms with van der Waals surface area (Å²) in [6.45, 7) is 2.16. The number of nitrogens with one attached hydrogen (secondary N) is 1. The van der Waals surface area contributed by atoms with Crippen LogP contribution >= 0.6 is 0 Å². The number of phenolic OH excluding ortho intramolecular Hbond substituents is 1. The van der Waals surface area contributed by atoms with Gasteiger partial charge in [-0.2, -0.15) is 0 Å². The number of hydrogen-bond donors (Lipinski definition) is 2. The van der Waals surface area contributed by atoms with E-state index in [4.69, 9.17) is 4.74 Å². The first-order valence-electron chi connectivity index (χ1n) is 6.27. The molecule has 3 unspecified atom stereocenters. The van der Waals surface area contributed by atoms with Gasteiger partial charge in [0.05, 0.1) is 6.10 Å². The topological polar surface area (TPSA) is 41.5 Å². The van der Waals surface area contributed by atoms with Gasteiger partial charge in [0, 0.05) is 19.2 Å². The van der Waals surface area contributed by atoms with Gasteiger partial charge in [-0.25, -0.2) is 0 Å². The van der Waals surface area contributed by atoms with Crippen molar-refractivity contribution in [1.82, 2.24) is 5.32 Å². The second-order valence-electron chi connectivity index (χ2n) is 4.85. The summed E-state index contributed by atoms with van der Waals surface area (Å²) in [6.07, 6.45) is 3.84. The van der Waals surface area contributed by atoms with E-state index in [-0.39, 0.29) is 0 Å². The van der Waals surface area contributed by atoms with Crippen LogP contribution < -0.4 is 5.32 Å². The third kappa shape index (κ3) is 3.20. The van der Waals surface area contributed by atoms with Crippen molar-refractivity contribution in [3.8, 4) is 5.75 Å². The number of phenols is 1. The van der Waals surface area contributed by atoms with Crippen molar-refractivity contribution in [2.24, 2.45) is 0 Å². The van der Waals surface area contributed by atoms with E-state index in [9.17, 15) is 5.11 Å². The fourth-order valence-electron chi connectivity index (χ4n) is 2.52. The second-order valence-corrected chi connectivity index (χ2v) is 4.85. The summed E-state index contributed by atoms with van der Waals surface area (Å²) >= 11 is 0. The molecule has 0 spiro atoms. The summed E-state index contributed by atoms with van der Waals surface area (Å²) in [4.78, 5) is 0. The van der Waals surface area contributed by atoms with Crippen LogP contribution in [0.2, 0.25) is 0 Å². The van der Waals surface area contributed by atoms with Crippen molar-refractivity contribution in [2.45, 2.75) is 44.4 Å². The molecule has 0 saturated heterocycles. The van der Waals surface area contributed by atoms with E-state index >= 15 is 0 Å². The van der Waals surface area contributed by atoms with E-state index in [1.54, 1.807) is 19.2 Å². The molecule has 0 bridgehead atoms. The number of ether oxygens (including phenoxy) is 1. The zero-order valence-corrected chi connectivity index (χ0v) is 10.5. The van der Waals surface area contributed by atoms with E-state index in [0.717, 1.165) is 12.8 Å². The van der Waals surface area contributed by atoms with Gasteiger partial charge < -0.3 is 15.2 Å². The van der Waals surface area contributed by atoms with Crippen molar-refractivity contribution in [3.05, 3.63) is 29.8 Å². The molecule has 3 heteroatoms. The summed E-state index contributed by atoms with van der Waals surface area (Å²) in [5, 5.41) is 12.9. The van der Waals surface area contributed by atoms with Crippen LogP contribution in [0.25, 0.3) is 0 Å². The quantitative estimate of drug-likeness (QED) is 0.843. The van der Waals surface area contributed by atoms with Crippen LogP contribution in [0.3, 0.4) is 0 Å². The Morgan fingerprint density at radius 1 is 1.29 bits per heavy atom. The Morgan fingerprint density at radius 2 is 2.00 bits per heavy atom. The molecule has 17 heavy (non-hydrogen) atoms. The van der Waals surface area contributed by atoms with Gasteiger partial charge >= 0.3 is 0 Å². The van der Waals surface area contributed by atoms with E-state index in [0.29, 0.717) is 23.9 Å². The maximum Gasteiger partial charge on any atom is 0.115 e. The van der Waals surface area contributed by atoms with Crippen LogP contribution in [0.5, 0.6) is 5.75 Å². The van der Waals surface area contributed by atoms with Crippen molar-refractivity contribution in [1.29, 1.82) is 0 Å². The molecule has 1 aliphatic rings. The monoisotopic (exact) mass is 235 g/mol. The van der Waals surface area contributed by atoms with Gasteiger partial charge in [-0.15, -0.1) is 0 Å². The minimum atomic E-state index is 0.316. The normalized spacial score (nSPS) is 26.0. The molecule has 0 amide bonds. The third-order valence-electron chi connectivity index (χ3n) is 3.60.